The molecular weight excluding hydrogens is 512 g/mol. The number of aliphatic carboxylic acids is 1. The summed E-state index contributed by atoms with van der Waals surface area (Å²) in [6.07, 6.45) is 12.2. The third-order valence-electron chi connectivity index (χ3n) is 8.36. The molecule has 0 spiro atoms. The summed E-state index contributed by atoms with van der Waals surface area (Å²) in [6.45, 7) is 2.30. The Balaban J connectivity index is 1.65. The van der Waals surface area contributed by atoms with Crippen LogP contribution in [0.4, 0.5) is 5.82 Å². The van der Waals surface area contributed by atoms with E-state index in [1.165, 1.54) is 34.4 Å². The number of nitrogens with two attached hydrogens (primary N) is 3. The number of carboxylic acids is 1. The fourth-order valence-corrected chi connectivity index (χ4v) is 6.28. The van der Waals surface area contributed by atoms with Gasteiger partial charge in [-0.2, -0.15) is 0 Å². The first-order valence-corrected chi connectivity index (χ1v) is 14.9. The van der Waals surface area contributed by atoms with Crippen molar-refractivity contribution in [3.8, 4) is 0 Å². The first kappa shape index (κ1) is 30.2. The lowest BCUT2D eigenvalue weighted by Crippen LogP contribution is -2.28. The second-order valence-electron chi connectivity index (χ2n) is 11.4. The number of aromatic amines is 1. The highest BCUT2D eigenvalue weighted by molar-refractivity contribution is 5.84. The Morgan fingerprint density at radius 1 is 1.15 bits per heavy atom. The van der Waals surface area contributed by atoms with Gasteiger partial charge in [-0.3, -0.25) is 0 Å². The van der Waals surface area contributed by atoms with Crippen molar-refractivity contribution >= 4 is 28.5 Å². The number of aryl methyl sites for hydroxylation is 1. The summed E-state index contributed by atoms with van der Waals surface area (Å²) < 4.78 is 0. The number of aromatic nitrogens is 1. The fourth-order valence-electron chi connectivity index (χ4n) is 6.28. The molecule has 41 heavy (non-hydrogen) atoms. The Morgan fingerprint density at radius 3 is 2.59 bits per heavy atom. The molecule has 8 heteroatoms. The van der Waals surface area contributed by atoms with Crippen LogP contribution in [0.15, 0.2) is 71.4 Å². The van der Waals surface area contributed by atoms with Crippen molar-refractivity contribution in [3.63, 3.8) is 0 Å². The molecule has 0 saturated heterocycles. The van der Waals surface area contributed by atoms with Gasteiger partial charge in [0.15, 0.2) is 5.96 Å². The van der Waals surface area contributed by atoms with E-state index in [1.54, 1.807) is 0 Å². The van der Waals surface area contributed by atoms with Gasteiger partial charge in [0.1, 0.15) is 0 Å². The molecule has 0 saturated carbocycles. The molecule has 8 nitrogen and oxygen atoms in total. The molecule has 0 bridgehead atoms. The number of nitrogens with zero attached hydrogens (tertiary/aromatic N) is 2. The number of aliphatic imine (C=N–C) groups is 1. The van der Waals surface area contributed by atoms with Crippen molar-refractivity contribution in [1.82, 2.24) is 4.98 Å². The summed E-state index contributed by atoms with van der Waals surface area (Å²) in [7, 11) is 0. The standard InChI is InChI=1S/C33H45N6O2/c1-2-3-10-27(34)11-6-12-28-25(15-14-24-17-22-8-4-5-9-23(22)18-29(24)28)19-30(39-31-13-7-16-37-31)26(20-32(40)41)21-38-33(35)36/h4-5,7-9,13,16-18,20,25,27-28,30,37H,2-3,6,10-12,14-15,19,21,34H2,1H3,(H,40,41)(H4,35,36,38)/q-1. The maximum atomic E-state index is 11.8. The SMILES string of the molecule is CCCCC(N)CCCC1c2cc3ccccc3cc2CCC1CC([N-]c1ccc[nH]1)C(=CC(=O)O)CN=C(N)N. The number of hydrogen-bond donors (Lipinski definition) is 5. The van der Waals surface area contributed by atoms with E-state index in [2.05, 4.69) is 53.3 Å². The zero-order valence-electron chi connectivity index (χ0n) is 24.1. The number of carbonyl (C=O) groups is 1. The van der Waals surface area contributed by atoms with E-state index in [0.717, 1.165) is 44.9 Å². The first-order chi connectivity index (χ1) is 19.8. The highest BCUT2D eigenvalue weighted by Gasteiger charge is 2.32. The fraction of sp³-hybridized carbons (Fsp3) is 0.455. The monoisotopic (exact) mass is 557 g/mol. The van der Waals surface area contributed by atoms with Gasteiger partial charge in [0.2, 0.25) is 0 Å². The molecule has 220 valence electrons. The molecule has 0 aliphatic heterocycles. The van der Waals surface area contributed by atoms with Gasteiger partial charge in [-0.15, -0.1) is 0 Å². The Kier molecular flexibility index (Phi) is 10.8. The van der Waals surface area contributed by atoms with E-state index < -0.39 is 5.97 Å². The van der Waals surface area contributed by atoms with E-state index in [0.29, 0.717) is 29.6 Å². The van der Waals surface area contributed by atoms with Gasteiger partial charge in [0.05, 0.1) is 6.54 Å². The van der Waals surface area contributed by atoms with Crippen LogP contribution < -0.4 is 17.2 Å². The van der Waals surface area contributed by atoms with Crippen LogP contribution in [0.5, 0.6) is 0 Å². The highest BCUT2D eigenvalue weighted by Crippen LogP contribution is 2.45. The number of nitrogens with one attached hydrogen (secondary N) is 1. The number of fused-ring (bicyclic) bond motifs is 2. The molecule has 4 atom stereocenters. The molecule has 0 fully saturated rings. The molecule has 4 unspecified atom stereocenters. The normalized spacial score (nSPS) is 18.4. The van der Waals surface area contributed by atoms with Crippen LogP contribution in [0.1, 0.15) is 75.3 Å². The van der Waals surface area contributed by atoms with Gasteiger partial charge in [0.25, 0.3) is 0 Å². The van der Waals surface area contributed by atoms with Gasteiger partial charge in [0, 0.05) is 12.1 Å². The van der Waals surface area contributed by atoms with Gasteiger partial charge >= 0.3 is 5.97 Å². The minimum Gasteiger partial charge on any atom is -0.478 e. The molecule has 8 N–H and O–H groups in total. The van der Waals surface area contributed by atoms with Gasteiger partial charge in [-0.05, 0) is 83.9 Å². The molecule has 1 aliphatic carbocycles. The number of unbranched alkanes of at least 4 members (excludes halogenated alkanes) is 1. The van der Waals surface area contributed by atoms with Crippen molar-refractivity contribution in [2.75, 3.05) is 6.54 Å². The highest BCUT2D eigenvalue weighted by atomic mass is 16.4. The lowest BCUT2D eigenvalue weighted by atomic mass is 9.69. The smallest absolute Gasteiger partial charge is 0.328 e. The predicted octanol–water partition coefficient (Wildman–Crippen LogP) is 6.25. The molecule has 4 rings (SSSR count). The summed E-state index contributed by atoms with van der Waals surface area (Å²) >= 11 is 0. The maximum Gasteiger partial charge on any atom is 0.328 e. The predicted molar refractivity (Wildman–Crippen MR) is 168 cm³/mol. The Bertz CT molecular complexity index is 1330. The van der Waals surface area contributed by atoms with Crippen molar-refractivity contribution < 1.29 is 9.90 Å². The molecular formula is C33H45N6O2-. The Labute approximate surface area is 243 Å². The van der Waals surface area contributed by atoms with E-state index in [4.69, 9.17) is 22.5 Å². The molecule has 1 heterocycles. The number of H-pyrrole nitrogens is 1. The zero-order chi connectivity index (χ0) is 29.2. The van der Waals surface area contributed by atoms with Crippen molar-refractivity contribution in [2.45, 2.75) is 82.7 Å². The van der Waals surface area contributed by atoms with Crippen molar-refractivity contribution in [2.24, 2.45) is 28.1 Å². The summed E-state index contributed by atoms with van der Waals surface area (Å²) in [4.78, 5) is 19.1. The molecule has 0 amide bonds. The van der Waals surface area contributed by atoms with Crippen LogP contribution in [0.25, 0.3) is 16.1 Å². The van der Waals surface area contributed by atoms with Crippen LogP contribution in [-0.4, -0.2) is 40.6 Å². The minimum absolute atomic E-state index is 0.0735. The summed E-state index contributed by atoms with van der Waals surface area (Å²) in [5.74, 6) is 0.246. The van der Waals surface area contributed by atoms with Crippen LogP contribution in [-0.2, 0) is 11.2 Å². The number of hydrogen-bond acceptors (Lipinski definition) is 3. The average Bonchev–Trinajstić information content (AvgIpc) is 3.46. The number of rotatable bonds is 15. The minimum atomic E-state index is -1.03. The first-order valence-electron chi connectivity index (χ1n) is 14.9. The lowest BCUT2D eigenvalue weighted by molar-refractivity contribution is -0.131. The second kappa shape index (κ2) is 14.7. The zero-order valence-corrected chi connectivity index (χ0v) is 24.1. The van der Waals surface area contributed by atoms with E-state index in [1.807, 2.05) is 18.3 Å². The lowest BCUT2D eigenvalue weighted by Gasteiger charge is -2.39. The number of benzene rings is 2. The van der Waals surface area contributed by atoms with E-state index in [-0.39, 0.29) is 24.6 Å². The summed E-state index contributed by atoms with van der Waals surface area (Å²) in [6, 6.07) is 16.9. The van der Waals surface area contributed by atoms with E-state index in [9.17, 15) is 9.90 Å². The molecule has 2 aromatic carbocycles. The molecule has 3 aromatic rings. The van der Waals surface area contributed by atoms with Gasteiger partial charge < -0.3 is 32.6 Å². The quantitative estimate of drug-likeness (QED) is 0.0847. The maximum absolute atomic E-state index is 11.8. The van der Waals surface area contributed by atoms with Crippen LogP contribution in [0.2, 0.25) is 0 Å². The third kappa shape index (κ3) is 8.60. The molecule has 1 aromatic heterocycles. The Morgan fingerprint density at radius 2 is 1.90 bits per heavy atom. The Hall–Kier alpha value is -3.78. The van der Waals surface area contributed by atoms with E-state index >= 15 is 0 Å². The number of carboxylic acid groups (broad SMARTS) is 1. The van der Waals surface area contributed by atoms with Crippen molar-refractivity contribution in [1.29, 1.82) is 0 Å². The third-order valence-corrected chi connectivity index (χ3v) is 8.36. The van der Waals surface area contributed by atoms with Crippen molar-refractivity contribution in [3.05, 3.63) is 82.8 Å². The topological polar surface area (TPSA) is 158 Å². The second-order valence-corrected chi connectivity index (χ2v) is 11.4. The summed E-state index contributed by atoms with van der Waals surface area (Å²) in [5.41, 5.74) is 21.1. The molecule has 0 radical (unpaired) electrons. The molecule has 1 aliphatic rings. The number of guanidine groups is 1. The van der Waals surface area contributed by atoms with Gasteiger partial charge in [-0.25, -0.2) is 9.79 Å². The van der Waals surface area contributed by atoms with Gasteiger partial charge in [-0.1, -0.05) is 86.7 Å². The van der Waals surface area contributed by atoms with Crippen LogP contribution in [0.3, 0.4) is 0 Å². The largest absolute Gasteiger partial charge is 0.478 e. The van der Waals surface area contributed by atoms with Crippen LogP contribution in [0, 0.1) is 5.92 Å². The average molecular weight is 558 g/mol. The van der Waals surface area contributed by atoms with Crippen LogP contribution >= 0.6 is 0 Å². The summed E-state index contributed by atoms with van der Waals surface area (Å²) in [5, 5.41) is 17.2.